The Morgan fingerprint density at radius 3 is 1.77 bits per heavy atom. The normalized spacial score (nSPS) is 12.9. The van der Waals surface area contributed by atoms with Crippen LogP contribution in [0.2, 0.25) is 0 Å². The van der Waals surface area contributed by atoms with Crippen molar-refractivity contribution < 1.29 is 41.4 Å². The van der Waals surface area contributed by atoms with Crippen LogP contribution in [-0.2, 0) is 5.60 Å². The van der Waals surface area contributed by atoms with Crippen LogP contribution in [0, 0.1) is 6.92 Å². The molecule has 26 heavy (non-hydrogen) atoms. The second-order valence-electron chi connectivity index (χ2n) is 5.68. The van der Waals surface area contributed by atoms with E-state index in [0.717, 1.165) is 11.6 Å². The number of halogens is 6. The van der Waals surface area contributed by atoms with Crippen LogP contribution in [0.4, 0.5) is 26.3 Å². The predicted octanol–water partition coefficient (Wildman–Crippen LogP) is 4.67. The first-order valence-corrected chi connectivity index (χ1v) is 7.09. The quantitative estimate of drug-likeness (QED) is 0.763. The maximum atomic E-state index is 13.1. The highest BCUT2D eigenvalue weighted by Crippen LogP contribution is 2.50. The zero-order chi connectivity index (χ0) is 19.9. The van der Waals surface area contributed by atoms with Crippen LogP contribution < -0.4 is 0 Å². The average molecular weight is 378 g/mol. The van der Waals surface area contributed by atoms with Crippen molar-refractivity contribution in [3.63, 3.8) is 0 Å². The third-order valence-corrected chi connectivity index (χ3v) is 3.80. The van der Waals surface area contributed by atoms with E-state index in [0.29, 0.717) is 6.07 Å². The molecule has 0 aromatic heterocycles. The van der Waals surface area contributed by atoms with Crippen molar-refractivity contribution in [3.05, 3.63) is 59.2 Å². The molecule has 0 unspecified atom stereocenters. The summed E-state index contributed by atoms with van der Waals surface area (Å²) in [6, 6.07) is 7.54. The van der Waals surface area contributed by atoms with Crippen LogP contribution in [0.1, 0.15) is 21.5 Å². The number of alkyl halides is 6. The van der Waals surface area contributed by atoms with E-state index in [4.69, 9.17) is 5.11 Å². The summed E-state index contributed by atoms with van der Waals surface area (Å²) in [4.78, 5) is 11.2. The summed E-state index contributed by atoms with van der Waals surface area (Å²) in [5.74, 6) is -1.73. The minimum atomic E-state index is -6.10. The van der Waals surface area contributed by atoms with E-state index < -0.39 is 35.0 Å². The Bertz CT molecular complexity index is 808. The van der Waals surface area contributed by atoms with Crippen molar-refractivity contribution in [1.82, 2.24) is 0 Å². The van der Waals surface area contributed by atoms with E-state index in [1.807, 2.05) is 0 Å². The van der Waals surface area contributed by atoms with Gasteiger partial charge >= 0.3 is 18.3 Å². The molecular formula is C17H12F6O3. The summed E-state index contributed by atoms with van der Waals surface area (Å²) in [7, 11) is 0. The Hall–Kier alpha value is -2.55. The fourth-order valence-corrected chi connectivity index (χ4v) is 2.36. The predicted molar refractivity (Wildman–Crippen MR) is 79.6 cm³/mol. The van der Waals surface area contributed by atoms with E-state index in [1.54, 1.807) is 19.1 Å². The third-order valence-electron chi connectivity index (χ3n) is 3.80. The number of hydrogen-bond acceptors (Lipinski definition) is 2. The SMILES string of the molecule is Cc1ccc(-c2cc(C(=O)O)cc(C(O)(C(F)(F)F)C(F)(F)F)c2)cc1. The Kier molecular flexibility index (Phi) is 4.80. The van der Waals surface area contributed by atoms with Gasteiger partial charge in [0.2, 0.25) is 0 Å². The molecule has 0 aliphatic carbocycles. The molecule has 2 aromatic rings. The maximum absolute atomic E-state index is 13.1. The molecular weight excluding hydrogens is 366 g/mol. The molecule has 0 bridgehead atoms. The molecule has 3 nitrogen and oxygen atoms in total. The second-order valence-corrected chi connectivity index (χ2v) is 5.68. The number of aliphatic hydroxyl groups is 1. The van der Waals surface area contributed by atoms with E-state index in [1.165, 1.54) is 12.1 Å². The number of carboxylic acids is 1. The molecule has 2 aromatic carbocycles. The van der Waals surface area contributed by atoms with Gasteiger partial charge in [0.05, 0.1) is 5.56 Å². The first kappa shape index (κ1) is 19.8. The highest BCUT2D eigenvalue weighted by Gasteiger charge is 2.71. The van der Waals surface area contributed by atoms with Crippen LogP contribution in [-0.4, -0.2) is 28.5 Å². The molecule has 0 aliphatic heterocycles. The fraction of sp³-hybridized carbons (Fsp3) is 0.235. The third kappa shape index (κ3) is 3.39. The highest BCUT2D eigenvalue weighted by molar-refractivity contribution is 5.90. The van der Waals surface area contributed by atoms with Gasteiger partial charge in [-0.05, 0) is 36.2 Å². The monoisotopic (exact) mass is 378 g/mol. The van der Waals surface area contributed by atoms with Crippen molar-refractivity contribution >= 4 is 5.97 Å². The summed E-state index contributed by atoms with van der Waals surface area (Å²) in [5, 5.41) is 18.6. The van der Waals surface area contributed by atoms with Crippen molar-refractivity contribution in [3.8, 4) is 11.1 Å². The lowest BCUT2D eigenvalue weighted by molar-refractivity contribution is -0.376. The van der Waals surface area contributed by atoms with Crippen LogP contribution >= 0.6 is 0 Å². The number of aromatic carboxylic acids is 1. The molecule has 9 heteroatoms. The minimum absolute atomic E-state index is 0.168. The molecule has 2 N–H and O–H groups in total. The molecule has 2 rings (SSSR count). The van der Waals surface area contributed by atoms with Crippen molar-refractivity contribution in [2.24, 2.45) is 0 Å². The Morgan fingerprint density at radius 2 is 1.35 bits per heavy atom. The summed E-state index contributed by atoms with van der Waals surface area (Å²) >= 11 is 0. The van der Waals surface area contributed by atoms with Gasteiger partial charge < -0.3 is 10.2 Å². The molecule has 140 valence electrons. The summed E-state index contributed by atoms with van der Waals surface area (Å²) < 4.78 is 78.5. The zero-order valence-corrected chi connectivity index (χ0v) is 13.1. The summed E-state index contributed by atoms with van der Waals surface area (Å²) in [5.41, 5.74) is -6.85. The number of carbonyl (C=O) groups is 1. The zero-order valence-electron chi connectivity index (χ0n) is 13.1. The van der Waals surface area contributed by atoms with Gasteiger partial charge in [-0.25, -0.2) is 4.79 Å². The molecule has 0 atom stereocenters. The summed E-state index contributed by atoms with van der Waals surface area (Å²) in [6.07, 6.45) is -12.2. The first-order chi connectivity index (χ1) is 11.8. The number of aryl methyl sites for hydroxylation is 1. The van der Waals surface area contributed by atoms with E-state index >= 15 is 0 Å². The topological polar surface area (TPSA) is 57.5 Å². The van der Waals surface area contributed by atoms with Crippen molar-refractivity contribution in [2.45, 2.75) is 24.9 Å². The van der Waals surface area contributed by atoms with Crippen LogP contribution in [0.25, 0.3) is 11.1 Å². The maximum Gasteiger partial charge on any atom is 0.430 e. The van der Waals surface area contributed by atoms with Crippen LogP contribution in [0.15, 0.2) is 42.5 Å². The molecule has 0 heterocycles. The van der Waals surface area contributed by atoms with Crippen LogP contribution in [0.5, 0.6) is 0 Å². The van der Waals surface area contributed by atoms with E-state index in [-0.39, 0.29) is 17.2 Å². The van der Waals surface area contributed by atoms with Gasteiger partial charge in [-0.1, -0.05) is 29.8 Å². The Balaban J connectivity index is 2.79. The average Bonchev–Trinajstić information content (AvgIpc) is 2.52. The molecule has 0 spiro atoms. The molecule has 0 amide bonds. The number of hydrogen-bond donors (Lipinski definition) is 2. The Labute approximate surface area is 143 Å². The van der Waals surface area contributed by atoms with Gasteiger partial charge in [-0.15, -0.1) is 0 Å². The second kappa shape index (κ2) is 6.31. The standard InChI is InChI=1S/C17H12F6O3/c1-9-2-4-10(5-3-9)11-6-12(14(24)25)8-13(7-11)15(26,16(18,19)20)17(21,22)23/h2-8,26H,1H3,(H,24,25). The van der Waals surface area contributed by atoms with E-state index in [9.17, 15) is 36.2 Å². The highest BCUT2D eigenvalue weighted by atomic mass is 19.4. The minimum Gasteiger partial charge on any atom is -0.478 e. The molecule has 0 fully saturated rings. The number of benzene rings is 2. The fourth-order valence-electron chi connectivity index (χ4n) is 2.36. The lowest BCUT2D eigenvalue weighted by atomic mass is 9.88. The molecule has 0 saturated carbocycles. The molecule has 0 radical (unpaired) electrons. The van der Waals surface area contributed by atoms with Gasteiger partial charge in [-0.2, -0.15) is 26.3 Å². The number of rotatable bonds is 3. The molecule has 0 saturated heterocycles. The van der Waals surface area contributed by atoms with Gasteiger partial charge in [0.1, 0.15) is 0 Å². The van der Waals surface area contributed by atoms with Gasteiger partial charge in [0.15, 0.2) is 0 Å². The van der Waals surface area contributed by atoms with Crippen molar-refractivity contribution in [2.75, 3.05) is 0 Å². The summed E-state index contributed by atoms with van der Waals surface area (Å²) in [6.45, 7) is 1.72. The van der Waals surface area contributed by atoms with Gasteiger partial charge in [0.25, 0.3) is 5.60 Å². The smallest absolute Gasteiger partial charge is 0.430 e. The van der Waals surface area contributed by atoms with Crippen LogP contribution in [0.3, 0.4) is 0 Å². The van der Waals surface area contributed by atoms with Crippen molar-refractivity contribution in [1.29, 1.82) is 0 Å². The largest absolute Gasteiger partial charge is 0.478 e. The lowest BCUT2D eigenvalue weighted by Gasteiger charge is -2.33. The number of carboxylic acid groups (broad SMARTS) is 1. The van der Waals surface area contributed by atoms with E-state index in [2.05, 4.69) is 0 Å². The molecule has 0 aliphatic rings. The van der Waals surface area contributed by atoms with Gasteiger partial charge in [-0.3, -0.25) is 0 Å². The Morgan fingerprint density at radius 1 is 0.846 bits per heavy atom. The first-order valence-electron chi connectivity index (χ1n) is 7.09. The van der Waals surface area contributed by atoms with Gasteiger partial charge in [0, 0.05) is 5.56 Å². The lowest BCUT2D eigenvalue weighted by Crippen LogP contribution is -2.54.